The zero-order valence-corrected chi connectivity index (χ0v) is 10.2. The molecule has 0 aliphatic carbocycles. The normalized spacial score (nSPS) is 20.8. The second-order valence-electron chi connectivity index (χ2n) is 4.78. The Morgan fingerprint density at radius 3 is 2.53 bits per heavy atom. The van der Waals surface area contributed by atoms with Crippen LogP contribution >= 0.6 is 0 Å². The number of likely N-dealkylation sites (N-methyl/N-ethyl adjacent to an activating group) is 1. The molecule has 0 radical (unpaired) electrons. The zero-order chi connectivity index (χ0) is 11.1. The molecule has 15 heavy (non-hydrogen) atoms. The Balaban J connectivity index is 2.20. The van der Waals surface area contributed by atoms with Gasteiger partial charge in [0.15, 0.2) is 0 Å². The van der Waals surface area contributed by atoms with Gasteiger partial charge in [0.25, 0.3) is 0 Å². The maximum Gasteiger partial charge on any atom is 0.0817 e. The largest absolute Gasteiger partial charge is 0.388 e. The lowest BCUT2D eigenvalue weighted by Crippen LogP contribution is -2.45. The van der Waals surface area contributed by atoms with Gasteiger partial charge < -0.3 is 14.7 Å². The Labute approximate surface area is 93.4 Å². The van der Waals surface area contributed by atoms with E-state index in [4.69, 9.17) is 4.74 Å². The van der Waals surface area contributed by atoms with Crippen molar-refractivity contribution in [2.24, 2.45) is 0 Å². The zero-order valence-electron chi connectivity index (χ0n) is 10.2. The molecule has 1 aliphatic heterocycles. The van der Waals surface area contributed by atoms with Crippen molar-refractivity contribution in [2.45, 2.75) is 44.6 Å². The van der Waals surface area contributed by atoms with Crippen LogP contribution in [0.5, 0.6) is 0 Å². The molecule has 0 atom stereocenters. The molecule has 1 saturated heterocycles. The van der Waals surface area contributed by atoms with E-state index in [1.807, 2.05) is 0 Å². The molecule has 3 nitrogen and oxygen atoms in total. The van der Waals surface area contributed by atoms with Crippen LogP contribution in [-0.2, 0) is 4.74 Å². The minimum atomic E-state index is -0.501. The fourth-order valence-electron chi connectivity index (χ4n) is 2.12. The molecule has 3 heteroatoms. The van der Waals surface area contributed by atoms with Gasteiger partial charge in [-0.1, -0.05) is 19.8 Å². The monoisotopic (exact) mass is 215 g/mol. The quantitative estimate of drug-likeness (QED) is 0.684. The number of nitrogens with zero attached hydrogens (tertiary/aromatic N) is 1. The first-order chi connectivity index (χ1) is 7.16. The van der Waals surface area contributed by atoms with Crippen molar-refractivity contribution in [3.05, 3.63) is 0 Å². The first-order valence-electron chi connectivity index (χ1n) is 6.15. The van der Waals surface area contributed by atoms with Gasteiger partial charge in [-0.15, -0.1) is 0 Å². The average Bonchev–Trinajstić information content (AvgIpc) is 2.18. The molecule has 0 amide bonds. The third kappa shape index (κ3) is 4.96. The van der Waals surface area contributed by atoms with Gasteiger partial charge >= 0.3 is 0 Å². The molecule has 1 aliphatic rings. The number of hydrogen-bond acceptors (Lipinski definition) is 3. The van der Waals surface area contributed by atoms with E-state index in [0.29, 0.717) is 13.2 Å². The van der Waals surface area contributed by atoms with E-state index in [1.54, 1.807) is 0 Å². The van der Waals surface area contributed by atoms with E-state index in [9.17, 15) is 5.11 Å². The molecular weight excluding hydrogens is 190 g/mol. The number of rotatable bonds is 6. The molecule has 90 valence electrons. The maximum absolute atomic E-state index is 10.3. The van der Waals surface area contributed by atoms with Crippen molar-refractivity contribution in [2.75, 3.05) is 33.4 Å². The van der Waals surface area contributed by atoms with Gasteiger partial charge in [-0.3, -0.25) is 0 Å². The second-order valence-corrected chi connectivity index (χ2v) is 4.78. The molecule has 0 unspecified atom stereocenters. The highest BCUT2D eigenvalue weighted by Crippen LogP contribution is 2.21. The average molecular weight is 215 g/mol. The van der Waals surface area contributed by atoms with Crippen molar-refractivity contribution in [3.8, 4) is 0 Å². The summed E-state index contributed by atoms with van der Waals surface area (Å²) in [6, 6.07) is 0. The number of ether oxygens (including phenoxy) is 1. The summed E-state index contributed by atoms with van der Waals surface area (Å²) in [4.78, 5) is 2.25. The summed E-state index contributed by atoms with van der Waals surface area (Å²) in [7, 11) is 2.10. The Morgan fingerprint density at radius 1 is 1.27 bits per heavy atom. The summed E-state index contributed by atoms with van der Waals surface area (Å²) in [5.41, 5.74) is -0.501. The summed E-state index contributed by atoms with van der Waals surface area (Å²) in [5, 5.41) is 10.3. The highest BCUT2D eigenvalue weighted by atomic mass is 16.5. The van der Waals surface area contributed by atoms with Crippen LogP contribution in [0.2, 0.25) is 0 Å². The predicted molar refractivity (Wildman–Crippen MR) is 62.0 cm³/mol. The molecular formula is C12H25NO2. The molecule has 0 aromatic carbocycles. The van der Waals surface area contributed by atoms with Crippen molar-refractivity contribution in [1.29, 1.82) is 0 Å². The third-order valence-electron chi connectivity index (χ3n) is 3.13. The van der Waals surface area contributed by atoms with Crippen LogP contribution in [-0.4, -0.2) is 49.0 Å². The Morgan fingerprint density at radius 2 is 1.93 bits per heavy atom. The summed E-state index contributed by atoms with van der Waals surface area (Å²) < 4.78 is 5.27. The van der Waals surface area contributed by atoms with Crippen LogP contribution in [0, 0.1) is 0 Å². The predicted octanol–water partition coefficient (Wildman–Crippen LogP) is 1.65. The molecule has 1 rings (SSSR count). The minimum absolute atomic E-state index is 0.501. The summed E-state index contributed by atoms with van der Waals surface area (Å²) >= 11 is 0. The Bertz CT molecular complexity index is 167. The lowest BCUT2D eigenvalue weighted by molar-refractivity contribution is -0.0769. The fraction of sp³-hybridized carbons (Fsp3) is 1.00. The maximum atomic E-state index is 10.3. The molecule has 0 saturated carbocycles. The summed E-state index contributed by atoms with van der Waals surface area (Å²) in [6.07, 6.45) is 5.34. The van der Waals surface area contributed by atoms with E-state index < -0.39 is 5.60 Å². The van der Waals surface area contributed by atoms with E-state index in [-0.39, 0.29) is 0 Å². The van der Waals surface area contributed by atoms with Gasteiger partial charge in [-0.05, 0) is 20.0 Å². The van der Waals surface area contributed by atoms with E-state index in [0.717, 1.165) is 25.9 Å². The van der Waals surface area contributed by atoms with Crippen molar-refractivity contribution in [3.63, 3.8) is 0 Å². The van der Waals surface area contributed by atoms with E-state index in [1.165, 1.54) is 19.3 Å². The molecule has 1 fully saturated rings. The number of aliphatic hydroxyl groups is 1. The van der Waals surface area contributed by atoms with Gasteiger partial charge in [-0.25, -0.2) is 0 Å². The van der Waals surface area contributed by atoms with E-state index in [2.05, 4.69) is 18.9 Å². The Kier molecular flexibility index (Phi) is 5.58. The van der Waals surface area contributed by atoms with Crippen molar-refractivity contribution < 1.29 is 9.84 Å². The molecule has 0 aromatic rings. The van der Waals surface area contributed by atoms with Crippen LogP contribution in [0.15, 0.2) is 0 Å². The van der Waals surface area contributed by atoms with Crippen molar-refractivity contribution >= 4 is 0 Å². The molecule has 0 bridgehead atoms. The minimum Gasteiger partial charge on any atom is -0.388 e. The van der Waals surface area contributed by atoms with E-state index >= 15 is 0 Å². The first-order valence-corrected chi connectivity index (χ1v) is 6.15. The van der Waals surface area contributed by atoms with Crippen LogP contribution in [0.1, 0.15) is 39.0 Å². The summed E-state index contributed by atoms with van der Waals surface area (Å²) in [5.74, 6) is 0. The molecule has 0 aromatic heterocycles. The summed E-state index contributed by atoms with van der Waals surface area (Å²) in [6.45, 7) is 5.52. The van der Waals surface area contributed by atoms with Gasteiger partial charge in [0.1, 0.15) is 0 Å². The van der Waals surface area contributed by atoms with Gasteiger partial charge in [0.05, 0.1) is 5.60 Å². The van der Waals surface area contributed by atoms with Crippen LogP contribution in [0.4, 0.5) is 0 Å². The lowest BCUT2D eigenvalue weighted by atomic mass is 9.94. The smallest absolute Gasteiger partial charge is 0.0817 e. The topological polar surface area (TPSA) is 32.7 Å². The molecule has 1 heterocycles. The van der Waals surface area contributed by atoms with Crippen LogP contribution in [0.3, 0.4) is 0 Å². The van der Waals surface area contributed by atoms with Crippen LogP contribution in [0.25, 0.3) is 0 Å². The highest BCUT2D eigenvalue weighted by molar-refractivity contribution is 4.83. The van der Waals surface area contributed by atoms with Gasteiger partial charge in [-0.2, -0.15) is 0 Å². The third-order valence-corrected chi connectivity index (χ3v) is 3.13. The highest BCUT2D eigenvalue weighted by Gasteiger charge is 2.30. The Hall–Kier alpha value is -0.120. The molecule has 1 N–H and O–H groups in total. The second kappa shape index (κ2) is 6.46. The SMILES string of the molecule is CCCCCN(C)CC1(O)CCOCC1. The fourth-order valence-corrected chi connectivity index (χ4v) is 2.12. The van der Waals surface area contributed by atoms with Gasteiger partial charge in [0, 0.05) is 32.6 Å². The van der Waals surface area contributed by atoms with Crippen LogP contribution < -0.4 is 0 Å². The standard InChI is InChI=1S/C12H25NO2/c1-3-4-5-8-13(2)11-12(14)6-9-15-10-7-12/h14H,3-11H2,1-2H3. The van der Waals surface area contributed by atoms with Gasteiger partial charge in [0.2, 0.25) is 0 Å². The lowest BCUT2D eigenvalue weighted by Gasteiger charge is -2.35. The first kappa shape index (κ1) is 12.9. The number of hydrogen-bond donors (Lipinski definition) is 1. The van der Waals surface area contributed by atoms with Crippen molar-refractivity contribution in [1.82, 2.24) is 4.90 Å². The molecule has 0 spiro atoms. The number of unbranched alkanes of at least 4 members (excludes halogenated alkanes) is 2.